The maximum atomic E-state index is 12.0. The number of carbonyl (C=O) groups is 3. The Bertz CT molecular complexity index is 594. The lowest BCUT2D eigenvalue weighted by Gasteiger charge is -2.22. The molecule has 0 radical (unpaired) electrons. The van der Waals surface area contributed by atoms with Gasteiger partial charge in [-0.25, -0.2) is 4.79 Å². The molecule has 0 unspecified atom stereocenters. The number of ether oxygens (including phenoxy) is 1. The van der Waals surface area contributed by atoms with Crippen LogP contribution in [0.15, 0.2) is 18.2 Å². The standard InChI is InChI=1S/C13H14N2O5/c1-13(2,12(18)19)15-11(17)7-3-4-9-8(5-7)14-10(16)6-20-9/h3-5H,6H2,1-2H3,(H,14,16)(H,15,17)(H,18,19). The van der Waals surface area contributed by atoms with Crippen molar-refractivity contribution in [1.29, 1.82) is 0 Å². The van der Waals surface area contributed by atoms with E-state index in [1.165, 1.54) is 26.0 Å². The van der Waals surface area contributed by atoms with Crippen LogP contribution in [0.25, 0.3) is 0 Å². The fraction of sp³-hybridized carbons (Fsp3) is 0.308. The van der Waals surface area contributed by atoms with E-state index in [-0.39, 0.29) is 18.1 Å². The van der Waals surface area contributed by atoms with Gasteiger partial charge >= 0.3 is 5.97 Å². The number of carbonyl (C=O) groups excluding carboxylic acids is 2. The molecule has 2 amide bonds. The number of rotatable bonds is 3. The molecule has 20 heavy (non-hydrogen) atoms. The first-order chi connectivity index (χ1) is 9.29. The van der Waals surface area contributed by atoms with Crippen molar-refractivity contribution < 1.29 is 24.2 Å². The van der Waals surface area contributed by atoms with Gasteiger partial charge in [0.25, 0.3) is 11.8 Å². The Morgan fingerprint density at radius 3 is 2.75 bits per heavy atom. The third kappa shape index (κ3) is 2.71. The van der Waals surface area contributed by atoms with E-state index in [0.29, 0.717) is 11.4 Å². The quantitative estimate of drug-likeness (QED) is 0.751. The van der Waals surface area contributed by atoms with Crippen LogP contribution in [-0.2, 0) is 9.59 Å². The lowest BCUT2D eigenvalue weighted by Crippen LogP contribution is -2.49. The summed E-state index contributed by atoms with van der Waals surface area (Å²) in [6, 6.07) is 4.50. The Morgan fingerprint density at radius 1 is 1.40 bits per heavy atom. The average molecular weight is 278 g/mol. The maximum Gasteiger partial charge on any atom is 0.328 e. The van der Waals surface area contributed by atoms with Gasteiger partial charge in [0.15, 0.2) is 6.61 Å². The van der Waals surface area contributed by atoms with E-state index in [1.54, 1.807) is 6.07 Å². The van der Waals surface area contributed by atoms with Crippen LogP contribution >= 0.6 is 0 Å². The molecule has 1 heterocycles. The molecule has 0 spiro atoms. The fourth-order valence-electron chi connectivity index (χ4n) is 1.63. The summed E-state index contributed by atoms with van der Waals surface area (Å²) >= 11 is 0. The second kappa shape index (κ2) is 4.84. The van der Waals surface area contributed by atoms with Gasteiger partial charge in [0.2, 0.25) is 0 Å². The van der Waals surface area contributed by atoms with Crippen LogP contribution in [-0.4, -0.2) is 35.0 Å². The number of hydrogen-bond donors (Lipinski definition) is 3. The van der Waals surface area contributed by atoms with Crippen LogP contribution in [0.1, 0.15) is 24.2 Å². The molecule has 0 atom stereocenters. The van der Waals surface area contributed by atoms with Crippen LogP contribution in [0.4, 0.5) is 5.69 Å². The van der Waals surface area contributed by atoms with E-state index in [2.05, 4.69) is 10.6 Å². The zero-order valence-electron chi connectivity index (χ0n) is 11.0. The van der Waals surface area contributed by atoms with Crippen molar-refractivity contribution in [3.63, 3.8) is 0 Å². The van der Waals surface area contributed by atoms with Crippen LogP contribution in [0, 0.1) is 0 Å². The second-order valence-corrected chi connectivity index (χ2v) is 4.93. The summed E-state index contributed by atoms with van der Waals surface area (Å²) in [5, 5.41) is 14.0. The van der Waals surface area contributed by atoms with E-state index >= 15 is 0 Å². The van der Waals surface area contributed by atoms with Crippen molar-refractivity contribution in [2.75, 3.05) is 11.9 Å². The average Bonchev–Trinajstić information content (AvgIpc) is 2.37. The number of benzene rings is 1. The summed E-state index contributed by atoms with van der Waals surface area (Å²) in [6.45, 7) is 2.71. The van der Waals surface area contributed by atoms with Crippen molar-refractivity contribution in [2.45, 2.75) is 19.4 Å². The number of carboxylic acids is 1. The highest BCUT2D eigenvalue weighted by atomic mass is 16.5. The normalized spacial score (nSPS) is 13.8. The SMILES string of the molecule is CC(C)(NC(=O)c1ccc2c(c1)NC(=O)CO2)C(=O)O. The molecular formula is C13H14N2O5. The molecule has 0 saturated carbocycles. The number of aliphatic carboxylic acids is 1. The van der Waals surface area contributed by atoms with Crippen LogP contribution in [0.5, 0.6) is 5.75 Å². The van der Waals surface area contributed by atoms with Gasteiger partial charge in [-0.3, -0.25) is 9.59 Å². The summed E-state index contributed by atoms with van der Waals surface area (Å²) in [7, 11) is 0. The van der Waals surface area contributed by atoms with E-state index < -0.39 is 17.4 Å². The summed E-state index contributed by atoms with van der Waals surface area (Å²) < 4.78 is 5.17. The Balaban J connectivity index is 2.21. The minimum Gasteiger partial charge on any atom is -0.482 e. The first-order valence-electron chi connectivity index (χ1n) is 5.92. The van der Waals surface area contributed by atoms with E-state index in [0.717, 1.165) is 0 Å². The van der Waals surface area contributed by atoms with Crippen molar-refractivity contribution >= 4 is 23.5 Å². The summed E-state index contributed by atoms with van der Waals surface area (Å²) in [5.41, 5.74) is -0.752. The minimum atomic E-state index is -1.38. The minimum absolute atomic E-state index is 0.0649. The molecule has 3 N–H and O–H groups in total. The monoisotopic (exact) mass is 278 g/mol. The van der Waals surface area contributed by atoms with Gasteiger partial charge < -0.3 is 20.5 Å². The number of fused-ring (bicyclic) bond motifs is 1. The van der Waals surface area contributed by atoms with Gasteiger partial charge in [-0.2, -0.15) is 0 Å². The topological polar surface area (TPSA) is 105 Å². The molecule has 0 bridgehead atoms. The van der Waals surface area contributed by atoms with Crippen LogP contribution in [0.2, 0.25) is 0 Å². The van der Waals surface area contributed by atoms with Crippen molar-refractivity contribution in [3.05, 3.63) is 23.8 Å². The lowest BCUT2D eigenvalue weighted by molar-refractivity contribution is -0.143. The zero-order chi connectivity index (χ0) is 14.9. The molecular weight excluding hydrogens is 264 g/mol. The second-order valence-electron chi connectivity index (χ2n) is 4.93. The smallest absolute Gasteiger partial charge is 0.328 e. The third-order valence-corrected chi connectivity index (χ3v) is 2.84. The van der Waals surface area contributed by atoms with Crippen LogP contribution in [0.3, 0.4) is 0 Å². The van der Waals surface area contributed by atoms with Gasteiger partial charge in [0.05, 0.1) is 5.69 Å². The molecule has 1 aliphatic heterocycles. The van der Waals surface area contributed by atoms with Gasteiger partial charge in [0.1, 0.15) is 11.3 Å². The van der Waals surface area contributed by atoms with Crippen molar-refractivity contribution in [1.82, 2.24) is 5.32 Å². The van der Waals surface area contributed by atoms with Crippen LogP contribution < -0.4 is 15.4 Å². The van der Waals surface area contributed by atoms with E-state index in [9.17, 15) is 14.4 Å². The third-order valence-electron chi connectivity index (χ3n) is 2.84. The Kier molecular flexibility index (Phi) is 3.35. The number of carboxylic acid groups (broad SMARTS) is 1. The first-order valence-corrected chi connectivity index (χ1v) is 5.92. The predicted molar refractivity (Wildman–Crippen MR) is 69.7 cm³/mol. The van der Waals surface area contributed by atoms with Gasteiger partial charge in [-0.15, -0.1) is 0 Å². The largest absolute Gasteiger partial charge is 0.482 e. The molecule has 0 aliphatic carbocycles. The molecule has 1 aromatic rings. The summed E-state index contributed by atoms with van der Waals surface area (Å²) in [5.74, 6) is -1.51. The van der Waals surface area contributed by atoms with Crippen molar-refractivity contribution in [2.24, 2.45) is 0 Å². The molecule has 0 fully saturated rings. The fourth-order valence-corrected chi connectivity index (χ4v) is 1.63. The molecule has 7 nitrogen and oxygen atoms in total. The predicted octanol–water partition coefficient (Wildman–Crippen LogP) is 0.610. The Morgan fingerprint density at radius 2 is 2.10 bits per heavy atom. The molecule has 0 saturated heterocycles. The maximum absolute atomic E-state index is 12.0. The van der Waals surface area contributed by atoms with E-state index in [4.69, 9.17) is 9.84 Å². The molecule has 0 aromatic heterocycles. The van der Waals surface area contributed by atoms with Gasteiger partial charge in [-0.1, -0.05) is 0 Å². The Hall–Kier alpha value is -2.57. The number of hydrogen-bond acceptors (Lipinski definition) is 4. The van der Waals surface area contributed by atoms with Gasteiger partial charge in [-0.05, 0) is 32.0 Å². The molecule has 1 aliphatic rings. The number of nitrogens with one attached hydrogen (secondary N) is 2. The molecule has 2 rings (SSSR count). The lowest BCUT2D eigenvalue weighted by atomic mass is 10.0. The first kappa shape index (κ1) is 13.9. The highest BCUT2D eigenvalue weighted by Gasteiger charge is 2.29. The number of amides is 2. The van der Waals surface area contributed by atoms with E-state index in [1.807, 2.05) is 0 Å². The highest BCUT2D eigenvalue weighted by molar-refractivity contribution is 6.01. The number of anilines is 1. The summed E-state index contributed by atoms with van der Waals surface area (Å²) in [4.78, 5) is 34.2. The molecule has 106 valence electrons. The Labute approximate surface area is 114 Å². The summed E-state index contributed by atoms with van der Waals surface area (Å²) in [6.07, 6.45) is 0. The molecule has 7 heteroatoms. The zero-order valence-corrected chi connectivity index (χ0v) is 11.0. The highest BCUT2D eigenvalue weighted by Crippen LogP contribution is 2.28. The van der Waals surface area contributed by atoms with Gasteiger partial charge in [0, 0.05) is 5.56 Å². The van der Waals surface area contributed by atoms with Crippen molar-refractivity contribution in [3.8, 4) is 5.75 Å². The molecule has 1 aromatic carbocycles.